The average molecular weight is 413 g/mol. The zero-order valence-corrected chi connectivity index (χ0v) is 15.6. The summed E-state index contributed by atoms with van der Waals surface area (Å²) in [5.41, 5.74) is 9.02. The third kappa shape index (κ3) is 5.01. The number of halogens is 1. The van der Waals surface area contributed by atoms with Crippen LogP contribution in [0.1, 0.15) is 25.8 Å². The van der Waals surface area contributed by atoms with Crippen molar-refractivity contribution in [3.05, 3.63) is 42.1 Å². The van der Waals surface area contributed by atoms with Crippen molar-refractivity contribution in [2.75, 3.05) is 0 Å². The Labute approximate surface area is 149 Å². The Hall–Kier alpha value is -1.57. The van der Waals surface area contributed by atoms with Crippen LogP contribution in [0.5, 0.6) is 0 Å². The number of nitrogens with two attached hydrogens (primary N) is 1. The summed E-state index contributed by atoms with van der Waals surface area (Å²) in [5.74, 6) is 0.479. The van der Waals surface area contributed by atoms with Gasteiger partial charge in [0.05, 0.1) is 12.2 Å². The molecule has 0 amide bonds. The summed E-state index contributed by atoms with van der Waals surface area (Å²) in [6.07, 6.45) is 3.00. The molecule has 0 aliphatic heterocycles. The van der Waals surface area contributed by atoms with Gasteiger partial charge in [-0.2, -0.15) is 5.10 Å². The Kier molecular flexibility index (Phi) is 7.37. The van der Waals surface area contributed by atoms with Crippen molar-refractivity contribution < 1.29 is 0 Å². The molecule has 0 bridgehead atoms. The molecule has 0 fully saturated rings. The lowest BCUT2D eigenvalue weighted by Gasteiger charge is -2.11. The van der Waals surface area contributed by atoms with Gasteiger partial charge in [-0.25, -0.2) is 4.99 Å². The smallest absolute Gasteiger partial charge is 0.189 e. The van der Waals surface area contributed by atoms with E-state index in [9.17, 15) is 0 Å². The fraction of sp³-hybridized carbons (Fsp3) is 0.375. The van der Waals surface area contributed by atoms with Gasteiger partial charge in [-0.05, 0) is 13.3 Å². The van der Waals surface area contributed by atoms with Crippen molar-refractivity contribution in [2.24, 2.45) is 17.8 Å². The number of nitrogens with zero attached hydrogens (tertiary/aromatic N) is 3. The highest BCUT2D eigenvalue weighted by Gasteiger charge is 2.09. The fourth-order valence-corrected chi connectivity index (χ4v) is 2.06. The number of aliphatic imine (C=N–C) groups is 1. The number of benzene rings is 1. The van der Waals surface area contributed by atoms with E-state index >= 15 is 0 Å². The van der Waals surface area contributed by atoms with Crippen LogP contribution in [0, 0.1) is 0 Å². The van der Waals surface area contributed by atoms with E-state index in [1.54, 1.807) is 0 Å². The van der Waals surface area contributed by atoms with Crippen LogP contribution in [0.3, 0.4) is 0 Å². The number of aryl methyl sites for hydroxylation is 1. The molecule has 6 heteroatoms. The number of hydrogen-bond acceptors (Lipinski definition) is 2. The van der Waals surface area contributed by atoms with Crippen molar-refractivity contribution >= 4 is 29.9 Å². The molecule has 1 unspecified atom stereocenters. The second-order valence-corrected chi connectivity index (χ2v) is 5.20. The van der Waals surface area contributed by atoms with Crippen molar-refractivity contribution in [1.82, 2.24) is 15.1 Å². The zero-order valence-electron chi connectivity index (χ0n) is 13.3. The van der Waals surface area contributed by atoms with Crippen LogP contribution in [0.25, 0.3) is 11.3 Å². The van der Waals surface area contributed by atoms with Gasteiger partial charge in [-0.1, -0.05) is 37.3 Å². The van der Waals surface area contributed by atoms with E-state index in [1.165, 1.54) is 0 Å². The number of nitrogens with one attached hydrogen (secondary N) is 1. The SMILES string of the molecule is CCC(C)NC(N)=NCc1cn(C)nc1-c1ccccc1.I. The second kappa shape index (κ2) is 8.77. The lowest BCUT2D eigenvalue weighted by Crippen LogP contribution is -2.38. The highest BCUT2D eigenvalue weighted by Crippen LogP contribution is 2.22. The summed E-state index contributed by atoms with van der Waals surface area (Å²) in [6, 6.07) is 10.5. The first-order chi connectivity index (χ1) is 10.1. The average Bonchev–Trinajstić information content (AvgIpc) is 2.87. The minimum Gasteiger partial charge on any atom is -0.370 e. The summed E-state index contributed by atoms with van der Waals surface area (Å²) in [5, 5.41) is 7.69. The standard InChI is InChI=1S/C16H23N5.HI/c1-4-12(2)19-16(17)18-10-14-11-21(3)20-15(14)13-8-6-5-7-9-13;/h5-9,11-12H,4,10H2,1-3H3,(H3,17,18,19);1H. The Morgan fingerprint density at radius 2 is 2.05 bits per heavy atom. The van der Waals surface area contributed by atoms with Crippen LogP contribution in [-0.4, -0.2) is 21.8 Å². The molecule has 0 spiro atoms. The molecular formula is C16H24IN5. The van der Waals surface area contributed by atoms with Crippen LogP contribution >= 0.6 is 24.0 Å². The molecule has 2 aromatic rings. The van der Waals surface area contributed by atoms with Gasteiger partial charge in [-0.3, -0.25) is 4.68 Å². The maximum atomic E-state index is 5.91. The first-order valence-electron chi connectivity index (χ1n) is 7.24. The topological polar surface area (TPSA) is 68.2 Å². The van der Waals surface area contributed by atoms with Crippen molar-refractivity contribution in [3.8, 4) is 11.3 Å². The summed E-state index contributed by atoms with van der Waals surface area (Å²) in [6.45, 7) is 4.72. The molecule has 2 rings (SSSR count). The molecule has 0 radical (unpaired) electrons. The number of rotatable bonds is 5. The second-order valence-electron chi connectivity index (χ2n) is 5.20. The molecule has 5 nitrogen and oxygen atoms in total. The first-order valence-corrected chi connectivity index (χ1v) is 7.24. The molecule has 0 saturated carbocycles. The maximum absolute atomic E-state index is 5.91. The molecule has 22 heavy (non-hydrogen) atoms. The third-order valence-electron chi connectivity index (χ3n) is 3.38. The highest BCUT2D eigenvalue weighted by molar-refractivity contribution is 14.0. The Morgan fingerprint density at radius 1 is 1.36 bits per heavy atom. The molecule has 1 atom stereocenters. The normalized spacial score (nSPS) is 12.6. The summed E-state index contributed by atoms with van der Waals surface area (Å²) in [7, 11) is 1.92. The van der Waals surface area contributed by atoms with Gasteiger partial charge < -0.3 is 11.1 Å². The molecular weight excluding hydrogens is 389 g/mol. The van der Waals surface area contributed by atoms with E-state index in [0.717, 1.165) is 23.2 Å². The van der Waals surface area contributed by atoms with Crippen LogP contribution in [0.4, 0.5) is 0 Å². The van der Waals surface area contributed by atoms with Crippen LogP contribution in [-0.2, 0) is 13.6 Å². The van der Waals surface area contributed by atoms with Gasteiger partial charge in [-0.15, -0.1) is 24.0 Å². The predicted molar refractivity (Wildman–Crippen MR) is 102 cm³/mol. The molecule has 1 aromatic heterocycles. The van der Waals surface area contributed by atoms with E-state index in [1.807, 2.05) is 36.1 Å². The Morgan fingerprint density at radius 3 is 2.68 bits per heavy atom. The third-order valence-corrected chi connectivity index (χ3v) is 3.38. The number of hydrogen-bond donors (Lipinski definition) is 2. The lowest BCUT2D eigenvalue weighted by molar-refractivity contribution is 0.636. The van der Waals surface area contributed by atoms with Gasteiger partial charge in [0.25, 0.3) is 0 Å². The maximum Gasteiger partial charge on any atom is 0.189 e. The van der Waals surface area contributed by atoms with Gasteiger partial charge in [0, 0.05) is 30.4 Å². The van der Waals surface area contributed by atoms with E-state index in [0.29, 0.717) is 18.5 Å². The number of aromatic nitrogens is 2. The van der Waals surface area contributed by atoms with E-state index in [-0.39, 0.29) is 24.0 Å². The van der Waals surface area contributed by atoms with E-state index < -0.39 is 0 Å². The number of guanidine groups is 1. The molecule has 1 heterocycles. The van der Waals surface area contributed by atoms with Crippen molar-refractivity contribution in [2.45, 2.75) is 32.9 Å². The van der Waals surface area contributed by atoms with Gasteiger partial charge in [0.2, 0.25) is 0 Å². The lowest BCUT2D eigenvalue weighted by atomic mass is 10.1. The Bertz CT molecular complexity index is 606. The summed E-state index contributed by atoms with van der Waals surface area (Å²) in [4.78, 5) is 4.41. The predicted octanol–water partition coefficient (Wildman–Crippen LogP) is 2.91. The van der Waals surface area contributed by atoms with E-state index in [2.05, 4.69) is 41.4 Å². The Balaban J connectivity index is 0.00000242. The first kappa shape index (κ1) is 18.5. The van der Waals surface area contributed by atoms with Crippen LogP contribution < -0.4 is 11.1 Å². The molecule has 3 N–H and O–H groups in total. The highest BCUT2D eigenvalue weighted by atomic mass is 127. The summed E-state index contributed by atoms with van der Waals surface area (Å²) >= 11 is 0. The molecule has 0 aliphatic carbocycles. The van der Waals surface area contributed by atoms with Crippen molar-refractivity contribution in [3.63, 3.8) is 0 Å². The van der Waals surface area contributed by atoms with Gasteiger partial charge in [0.1, 0.15) is 0 Å². The quantitative estimate of drug-likeness (QED) is 0.450. The van der Waals surface area contributed by atoms with Crippen LogP contribution in [0.15, 0.2) is 41.5 Å². The molecule has 0 saturated heterocycles. The molecule has 120 valence electrons. The zero-order chi connectivity index (χ0) is 15.2. The van der Waals surface area contributed by atoms with Crippen LogP contribution in [0.2, 0.25) is 0 Å². The molecule has 0 aliphatic rings. The van der Waals surface area contributed by atoms with Gasteiger partial charge >= 0.3 is 0 Å². The molecule has 1 aromatic carbocycles. The fourth-order valence-electron chi connectivity index (χ4n) is 2.06. The van der Waals surface area contributed by atoms with Crippen molar-refractivity contribution in [1.29, 1.82) is 0 Å². The van der Waals surface area contributed by atoms with E-state index in [4.69, 9.17) is 5.73 Å². The summed E-state index contributed by atoms with van der Waals surface area (Å²) < 4.78 is 1.81. The minimum atomic E-state index is 0. The minimum absolute atomic E-state index is 0. The van der Waals surface area contributed by atoms with Gasteiger partial charge in [0.15, 0.2) is 5.96 Å². The largest absolute Gasteiger partial charge is 0.370 e. The monoisotopic (exact) mass is 413 g/mol.